The standard InChI is InChI=1S/C16H12Br2Cl2FN/c1-2-5-22(9-10-3-4-11(19)6-15(10)20)16-13(17)7-12(21)8-14(16)18/h2-4,6-8H,1,5,9H2. The minimum atomic E-state index is -0.314. The van der Waals surface area contributed by atoms with E-state index in [1.807, 2.05) is 11.0 Å². The van der Waals surface area contributed by atoms with Crippen LogP contribution in [0.15, 0.2) is 51.9 Å². The molecule has 2 aromatic rings. The van der Waals surface area contributed by atoms with Crippen LogP contribution < -0.4 is 4.90 Å². The van der Waals surface area contributed by atoms with Crippen molar-refractivity contribution in [1.82, 2.24) is 0 Å². The van der Waals surface area contributed by atoms with Crippen molar-refractivity contribution < 1.29 is 4.39 Å². The molecule has 22 heavy (non-hydrogen) atoms. The van der Waals surface area contributed by atoms with E-state index >= 15 is 0 Å². The number of rotatable bonds is 5. The molecule has 116 valence electrons. The Morgan fingerprint density at radius 2 is 1.77 bits per heavy atom. The number of nitrogens with zero attached hydrogens (tertiary/aromatic N) is 1. The highest BCUT2D eigenvalue weighted by Gasteiger charge is 2.16. The van der Waals surface area contributed by atoms with Crippen LogP contribution in [-0.4, -0.2) is 6.54 Å². The van der Waals surface area contributed by atoms with Crippen molar-refractivity contribution in [2.75, 3.05) is 11.4 Å². The molecule has 0 saturated heterocycles. The van der Waals surface area contributed by atoms with Crippen LogP contribution >= 0.6 is 55.1 Å². The Bertz CT molecular complexity index is 684. The second-order valence-corrected chi connectivity index (χ2v) is 7.18. The highest BCUT2D eigenvalue weighted by molar-refractivity contribution is 9.11. The van der Waals surface area contributed by atoms with Gasteiger partial charge in [-0.3, -0.25) is 0 Å². The van der Waals surface area contributed by atoms with Gasteiger partial charge in [0.2, 0.25) is 0 Å². The highest BCUT2D eigenvalue weighted by atomic mass is 79.9. The number of anilines is 1. The van der Waals surface area contributed by atoms with E-state index in [0.29, 0.717) is 32.1 Å². The van der Waals surface area contributed by atoms with E-state index in [9.17, 15) is 4.39 Å². The van der Waals surface area contributed by atoms with Gasteiger partial charge in [-0.05, 0) is 61.7 Å². The Balaban J connectivity index is 2.40. The molecule has 0 aliphatic rings. The normalized spacial score (nSPS) is 10.6. The van der Waals surface area contributed by atoms with Gasteiger partial charge in [-0.2, -0.15) is 0 Å². The van der Waals surface area contributed by atoms with Crippen molar-refractivity contribution in [3.63, 3.8) is 0 Å². The Morgan fingerprint density at radius 1 is 1.14 bits per heavy atom. The zero-order valence-electron chi connectivity index (χ0n) is 11.4. The molecule has 0 N–H and O–H groups in total. The predicted molar refractivity (Wildman–Crippen MR) is 99.5 cm³/mol. The van der Waals surface area contributed by atoms with Gasteiger partial charge in [0.25, 0.3) is 0 Å². The van der Waals surface area contributed by atoms with Crippen molar-refractivity contribution >= 4 is 60.7 Å². The summed E-state index contributed by atoms with van der Waals surface area (Å²) in [5.74, 6) is -0.314. The van der Waals surface area contributed by atoms with Crippen LogP contribution in [0.2, 0.25) is 10.0 Å². The van der Waals surface area contributed by atoms with Gasteiger partial charge in [-0.1, -0.05) is 35.3 Å². The second kappa shape index (κ2) is 7.82. The Morgan fingerprint density at radius 3 is 2.32 bits per heavy atom. The number of hydrogen-bond donors (Lipinski definition) is 0. The quantitative estimate of drug-likeness (QED) is 0.434. The lowest BCUT2D eigenvalue weighted by atomic mass is 10.2. The summed E-state index contributed by atoms with van der Waals surface area (Å²) >= 11 is 19.0. The minimum Gasteiger partial charge on any atom is -0.362 e. The van der Waals surface area contributed by atoms with E-state index < -0.39 is 0 Å². The topological polar surface area (TPSA) is 3.24 Å². The largest absolute Gasteiger partial charge is 0.362 e. The molecule has 0 spiro atoms. The summed E-state index contributed by atoms with van der Waals surface area (Å²) in [4.78, 5) is 2.04. The molecule has 6 heteroatoms. The van der Waals surface area contributed by atoms with Gasteiger partial charge >= 0.3 is 0 Å². The number of halogens is 5. The molecule has 0 aliphatic carbocycles. The van der Waals surface area contributed by atoms with Crippen molar-refractivity contribution in [2.24, 2.45) is 0 Å². The van der Waals surface area contributed by atoms with Gasteiger partial charge in [0, 0.05) is 32.1 Å². The first kappa shape index (κ1) is 17.8. The van der Waals surface area contributed by atoms with Crippen molar-refractivity contribution in [3.05, 3.63) is 73.4 Å². The molecule has 0 saturated carbocycles. The molecule has 0 unspecified atom stereocenters. The lowest BCUT2D eigenvalue weighted by Crippen LogP contribution is -2.23. The fraction of sp³-hybridized carbons (Fsp3) is 0.125. The zero-order valence-corrected chi connectivity index (χ0v) is 16.1. The second-order valence-electron chi connectivity index (χ2n) is 4.62. The van der Waals surface area contributed by atoms with Gasteiger partial charge in [-0.25, -0.2) is 4.39 Å². The third-order valence-electron chi connectivity index (χ3n) is 3.02. The monoisotopic (exact) mass is 465 g/mol. The molecule has 0 heterocycles. The van der Waals surface area contributed by atoms with Crippen LogP contribution in [0.1, 0.15) is 5.56 Å². The first-order chi connectivity index (χ1) is 10.4. The summed E-state index contributed by atoms with van der Waals surface area (Å²) in [6.45, 7) is 4.91. The summed E-state index contributed by atoms with van der Waals surface area (Å²) in [5, 5.41) is 1.18. The van der Waals surface area contributed by atoms with E-state index in [1.165, 1.54) is 12.1 Å². The maximum atomic E-state index is 13.5. The van der Waals surface area contributed by atoms with Crippen LogP contribution in [0.25, 0.3) is 0 Å². The molecule has 1 nitrogen and oxygen atoms in total. The van der Waals surface area contributed by atoms with Crippen molar-refractivity contribution in [1.29, 1.82) is 0 Å². The Labute approximate surface area is 156 Å². The molecular formula is C16H12Br2Cl2FN. The van der Waals surface area contributed by atoms with Gasteiger partial charge < -0.3 is 4.90 Å². The summed E-state index contributed by atoms with van der Waals surface area (Å²) in [6.07, 6.45) is 1.78. The Kier molecular flexibility index (Phi) is 6.33. The van der Waals surface area contributed by atoms with E-state index in [0.717, 1.165) is 11.3 Å². The third kappa shape index (κ3) is 4.25. The van der Waals surface area contributed by atoms with Gasteiger partial charge in [-0.15, -0.1) is 6.58 Å². The summed E-state index contributed by atoms with van der Waals surface area (Å²) in [7, 11) is 0. The molecule has 0 amide bonds. The predicted octanol–water partition coefficient (Wildman–Crippen LogP) is 6.85. The van der Waals surface area contributed by atoms with Gasteiger partial charge in [0.1, 0.15) is 5.82 Å². The van der Waals surface area contributed by atoms with Crippen LogP contribution in [0, 0.1) is 5.82 Å². The van der Waals surface area contributed by atoms with E-state index in [1.54, 1.807) is 18.2 Å². The molecule has 0 fully saturated rings. The first-order valence-corrected chi connectivity index (χ1v) is 8.71. The Hall–Kier alpha value is -0.550. The lowest BCUT2D eigenvalue weighted by molar-refractivity contribution is 0.625. The summed E-state index contributed by atoms with van der Waals surface area (Å²) in [5.41, 5.74) is 1.77. The van der Waals surface area contributed by atoms with Crippen LogP contribution in [0.4, 0.5) is 10.1 Å². The maximum absolute atomic E-state index is 13.5. The molecular weight excluding hydrogens is 456 g/mol. The van der Waals surface area contributed by atoms with Crippen LogP contribution in [0.3, 0.4) is 0 Å². The van der Waals surface area contributed by atoms with Gasteiger partial charge in [0.15, 0.2) is 0 Å². The molecule has 2 aromatic carbocycles. The van der Waals surface area contributed by atoms with Crippen molar-refractivity contribution in [3.8, 4) is 0 Å². The molecule has 2 rings (SSSR count). The SMILES string of the molecule is C=CCN(Cc1ccc(Cl)cc1Cl)c1c(Br)cc(F)cc1Br. The lowest BCUT2D eigenvalue weighted by Gasteiger charge is -2.26. The molecule has 0 aliphatic heterocycles. The number of hydrogen-bond acceptors (Lipinski definition) is 1. The average Bonchev–Trinajstić information content (AvgIpc) is 2.40. The van der Waals surface area contributed by atoms with Crippen LogP contribution in [0.5, 0.6) is 0 Å². The van der Waals surface area contributed by atoms with Gasteiger partial charge in [0.05, 0.1) is 5.69 Å². The summed E-state index contributed by atoms with van der Waals surface area (Å²) < 4.78 is 14.8. The molecule has 0 aromatic heterocycles. The smallest absolute Gasteiger partial charge is 0.125 e. The molecule has 0 atom stereocenters. The third-order valence-corrected chi connectivity index (χ3v) is 4.82. The minimum absolute atomic E-state index is 0.314. The number of benzene rings is 2. The van der Waals surface area contributed by atoms with E-state index in [2.05, 4.69) is 38.4 Å². The highest BCUT2D eigenvalue weighted by Crippen LogP contribution is 2.36. The fourth-order valence-electron chi connectivity index (χ4n) is 2.08. The average molecular weight is 468 g/mol. The van der Waals surface area contributed by atoms with E-state index in [4.69, 9.17) is 23.2 Å². The van der Waals surface area contributed by atoms with Crippen LogP contribution in [-0.2, 0) is 6.54 Å². The zero-order chi connectivity index (χ0) is 16.3. The van der Waals surface area contributed by atoms with Crippen molar-refractivity contribution in [2.45, 2.75) is 6.54 Å². The maximum Gasteiger partial charge on any atom is 0.125 e. The molecule has 0 bridgehead atoms. The summed E-state index contributed by atoms with van der Waals surface area (Å²) in [6, 6.07) is 8.24. The molecule has 0 radical (unpaired) electrons. The van der Waals surface area contributed by atoms with E-state index in [-0.39, 0.29) is 5.82 Å². The first-order valence-electron chi connectivity index (χ1n) is 6.36. The fourth-order valence-corrected chi connectivity index (χ4v) is 4.18.